The van der Waals surface area contributed by atoms with Gasteiger partial charge in [0.1, 0.15) is 13.2 Å². The Morgan fingerprint density at radius 2 is 1.83 bits per heavy atom. The Hall–Kier alpha value is -3.27. The highest BCUT2D eigenvalue weighted by Crippen LogP contribution is 2.33. The van der Waals surface area contributed by atoms with Crippen LogP contribution in [0, 0.1) is 0 Å². The lowest BCUT2D eigenvalue weighted by molar-refractivity contribution is 0.0365. The van der Waals surface area contributed by atoms with Crippen molar-refractivity contribution in [1.29, 1.82) is 0 Å². The number of morpholine rings is 1. The average Bonchev–Trinajstić information content (AvgIpc) is 2.88. The van der Waals surface area contributed by atoms with Crippen LogP contribution in [0.3, 0.4) is 0 Å². The predicted molar refractivity (Wildman–Crippen MR) is 138 cm³/mol. The summed E-state index contributed by atoms with van der Waals surface area (Å²) in [6.45, 7) is 5.68. The number of halogens is 1. The molecule has 0 aliphatic carbocycles. The van der Waals surface area contributed by atoms with Crippen molar-refractivity contribution in [2.24, 2.45) is 0 Å². The summed E-state index contributed by atoms with van der Waals surface area (Å²) in [5.74, 6) is 1.26. The van der Waals surface area contributed by atoms with Crippen molar-refractivity contribution >= 4 is 34.2 Å². The van der Waals surface area contributed by atoms with Crippen LogP contribution in [0.1, 0.15) is 12.0 Å². The molecule has 1 saturated heterocycles. The van der Waals surface area contributed by atoms with E-state index in [-0.39, 0.29) is 18.1 Å². The minimum atomic E-state index is -0.291. The van der Waals surface area contributed by atoms with Gasteiger partial charge in [-0.25, -0.2) is 4.79 Å². The molecule has 5 rings (SSSR count). The van der Waals surface area contributed by atoms with Crippen LogP contribution in [-0.4, -0.2) is 73.4 Å². The molecule has 2 aliphatic rings. The van der Waals surface area contributed by atoms with E-state index in [1.165, 1.54) is 0 Å². The SMILES string of the molecule is O=C(Nc1cccc(Cl)c1)N(CCCN1CCOCC1)Cc1cc2cc3c(cc2[nH]c1=O)OCCO3. The van der Waals surface area contributed by atoms with Crippen LogP contribution >= 0.6 is 11.6 Å². The molecular weight excluding hydrogens is 484 g/mol. The number of rotatable bonds is 7. The number of aromatic amines is 1. The second-order valence-electron chi connectivity index (χ2n) is 8.88. The van der Waals surface area contributed by atoms with Crippen molar-refractivity contribution in [3.05, 3.63) is 63.4 Å². The number of aromatic nitrogens is 1. The molecule has 3 aromatic rings. The zero-order valence-corrected chi connectivity index (χ0v) is 20.7. The lowest BCUT2D eigenvalue weighted by Gasteiger charge is -2.28. The fourth-order valence-electron chi connectivity index (χ4n) is 4.44. The van der Waals surface area contributed by atoms with Crippen molar-refractivity contribution in [2.75, 3.05) is 57.9 Å². The molecule has 2 N–H and O–H groups in total. The van der Waals surface area contributed by atoms with Crippen LogP contribution in [0.5, 0.6) is 11.5 Å². The normalized spacial score (nSPS) is 15.6. The monoisotopic (exact) mass is 512 g/mol. The first kappa shape index (κ1) is 24.4. The molecular formula is C26H29ClN4O5. The minimum absolute atomic E-state index is 0.162. The average molecular weight is 513 g/mol. The maximum atomic E-state index is 13.3. The smallest absolute Gasteiger partial charge is 0.322 e. The molecule has 190 valence electrons. The number of nitrogens with one attached hydrogen (secondary N) is 2. The molecule has 3 heterocycles. The Bertz CT molecular complexity index is 1290. The van der Waals surface area contributed by atoms with Crippen LogP contribution < -0.4 is 20.3 Å². The minimum Gasteiger partial charge on any atom is -0.486 e. The van der Waals surface area contributed by atoms with Gasteiger partial charge >= 0.3 is 6.03 Å². The highest BCUT2D eigenvalue weighted by Gasteiger charge is 2.19. The summed E-state index contributed by atoms with van der Waals surface area (Å²) in [7, 11) is 0. The van der Waals surface area contributed by atoms with Crippen molar-refractivity contribution in [3.8, 4) is 11.5 Å². The van der Waals surface area contributed by atoms with Crippen molar-refractivity contribution < 1.29 is 19.0 Å². The molecule has 1 aromatic heterocycles. The van der Waals surface area contributed by atoms with Gasteiger partial charge in [-0.3, -0.25) is 9.69 Å². The second-order valence-corrected chi connectivity index (χ2v) is 9.31. The summed E-state index contributed by atoms with van der Waals surface area (Å²) >= 11 is 6.09. The van der Waals surface area contributed by atoms with Crippen molar-refractivity contribution in [3.63, 3.8) is 0 Å². The highest BCUT2D eigenvalue weighted by molar-refractivity contribution is 6.30. The Morgan fingerprint density at radius 3 is 2.61 bits per heavy atom. The number of hydrogen-bond donors (Lipinski definition) is 2. The summed E-state index contributed by atoms with van der Waals surface area (Å²) in [6, 6.07) is 12.2. The number of hydrogen-bond acceptors (Lipinski definition) is 6. The van der Waals surface area contributed by atoms with Gasteiger partial charge in [-0.2, -0.15) is 0 Å². The molecule has 0 saturated carbocycles. The van der Waals surface area contributed by atoms with Gasteiger partial charge in [-0.05, 0) is 36.8 Å². The van der Waals surface area contributed by atoms with Gasteiger partial charge in [-0.15, -0.1) is 0 Å². The first-order valence-electron chi connectivity index (χ1n) is 12.1. The van der Waals surface area contributed by atoms with E-state index in [0.29, 0.717) is 53.0 Å². The summed E-state index contributed by atoms with van der Waals surface area (Å²) in [4.78, 5) is 33.1. The van der Waals surface area contributed by atoms with E-state index in [0.717, 1.165) is 44.7 Å². The van der Waals surface area contributed by atoms with E-state index in [1.807, 2.05) is 12.1 Å². The number of fused-ring (bicyclic) bond motifs is 2. The number of carbonyl (C=O) groups excluding carboxylic acids is 1. The fraction of sp³-hybridized carbons (Fsp3) is 0.385. The highest BCUT2D eigenvalue weighted by atomic mass is 35.5. The number of amides is 2. The number of urea groups is 1. The molecule has 2 amide bonds. The number of nitrogens with zero attached hydrogens (tertiary/aromatic N) is 2. The van der Waals surface area contributed by atoms with E-state index < -0.39 is 0 Å². The Balaban J connectivity index is 1.36. The molecule has 0 radical (unpaired) electrons. The summed E-state index contributed by atoms with van der Waals surface area (Å²) in [5, 5.41) is 4.26. The van der Waals surface area contributed by atoms with Gasteiger partial charge in [0.05, 0.1) is 25.3 Å². The van der Waals surface area contributed by atoms with Crippen LogP contribution in [0.15, 0.2) is 47.3 Å². The zero-order valence-electron chi connectivity index (χ0n) is 19.9. The predicted octanol–water partition coefficient (Wildman–Crippen LogP) is 3.71. The number of carbonyl (C=O) groups is 1. The zero-order chi connectivity index (χ0) is 24.9. The number of pyridine rings is 1. The lowest BCUT2D eigenvalue weighted by Crippen LogP contribution is -2.40. The standard InChI is InChI=1S/C26H29ClN4O5/c27-20-3-1-4-21(15-20)28-26(33)31(6-2-5-30-7-9-34-10-8-30)17-19-13-18-14-23-24(36-12-11-35-23)16-22(18)29-25(19)32/h1,3-4,13-16H,2,5-12,17H2,(H,28,33)(H,29,32). The Kier molecular flexibility index (Phi) is 7.60. The largest absolute Gasteiger partial charge is 0.486 e. The molecule has 0 spiro atoms. The third kappa shape index (κ3) is 5.92. The summed E-state index contributed by atoms with van der Waals surface area (Å²) < 4.78 is 16.7. The maximum absolute atomic E-state index is 13.3. The van der Waals surface area contributed by atoms with E-state index in [9.17, 15) is 9.59 Å². The van der Waals surface area contributed by atoms with E-state index in [4.69, 9.17) is 25.8 Å². The molecule has 9 nitrogen and oxygen atoms in total. The van der Waals surface area contributed by atoms with Gasteiger partial charge in [-0.1, -0.05) is 17.7 Å². The van der Waals surface area contributed by atoms with E-state index in [2.05, 4.69) is 15.2 Å². The topological polar surface area (TPSA) is 96.1 Å². The molecule has 2 aromatic carbocycles. The number of benzene rings is 2. The van der Waals surface area contributed by atoms with Crippen LogP contribution in [0.2, 0.25) is 5.02 Å². The molecule has 0 bridgehead atoms. The number of ether oxygens (including phenoxy) is 3. The van der Waals surface area contributed by atoms with Crippen LogP contribution in [0.25, 0.3) is 10.9 Å². The van der Waals surface area contributed by atoms with Crippen LogP contribution in [-0.2, 0) is 11.3 Å². The third-order valence-corrected chi connectivity index (χ3v) is 6.55. The molecule has 0 unspecified atom stereocenters. The van der Waals surface area contributed by atoms with Crippen molar-refractivity contribution in [2.45, 2.75) is 13.0 Å². The Morgan fingerprint density at radius 1 is 1.06 bits per heavy atom. The van der Waals surface area contributed by atoms with Gasteiger partial charge in [0.25, 0.3) is 5.56 Å². The van der Waals surface area contributed by atoms with Gasteiger partial charge < -0.3 is 29.4 Å². The first-order chi connectivity index (χ1) is 17.5. The first-order valence-corrected chi connectivity index (χ1v) is 12.5. The van der Waals surface area contributed by atoms with Crippen molar-refractivity contribution in [1.82, 2.24) is 14.8 Å². The molecule has 36 heavy (non-hydrogen) atoms. The second kappa shape index (κ2) is 11.2. The Labute approximate surface area is 213 Å². The quantitative estimate of drug-likeness (QED) is 0.501. The molecule has 1 fully saturated rings. The molecule has 2 aliphatic heterocycles. The van der Waals surface area contributed by atoms with Gasteiger partial charge in [0, 0.05) is 53.9 Å². The number of H-pyrrole nitrogens is 1. The van der Waals surface area contributed by atoms with Crippen LogP contribution in [0.4, 0.5) is 10.5 Å². The molecule has 0 atom stereocenters. The summed E-state index contributed by atoms with van der Waals surface area (Å²) in [5.41, 5.74) is 1.51. The maximum Gasteiger partial charge on any atom is 0.322 e. The van der Waals surface area contributed by atoms with Gasteiger partial charge in [0.15, 0.2) is 11.5 Å². The summed E-state index contributed by atoms with van der Waals surface area (Å²) in [6.07, 6.45) is 0.771. The van der Waals surface area contributed by atoms with Gasteiger partial charge in [0.2, 0.25) is 0 Å². The molecule has 10 heteroatoms. The van der Waals surface area contributed by atoms with E-state index >= 15 is 0 Å². The third-order valence-electron chi connectivity index (χ3n) is 6.31. The van der Waals surface area contributed by atoms with E-state index in [1.54, 1.807) is 35.2 Å². The number of anilines is 1. The lowest BCUT2D eigenvalue weighted by atomic mass is 10.1. The fourth-order valence-corrected chi connectivity index (χ4v) is 4.63.